The number of nitrogens with one attached hydrogen (secondary N) is 2. The van der Waals surface area contributed by atoms with Crippen LogP contribution in [0.5, 0.6) is 0 Å². The molecule has 37 heavy (non-hydrogen) atoms. The lowest BCUT2D eigenvalue weighted by Gasteiger charge is -2.21. The molecule has 3 heterocycles. The number of carbonyl (C=O) groups is 4. The van der Waals surface area contributed by atoms with Gasteiger partial charge >= 0.3 is 0 Å². The van der Waals surface area contributed by atoms with Gasteiger partial charge in [0.15, 0.2) is 11.3 Å². The van der Waals surface area contributed by atoms with Crippen LogP contribution in [0.3, 0.4) is 0 Å². The maximum Gasteiger partial charge on any atom is 0.274 e. The number of ether oxygens (including phenoxy) is 2. The van der Waals surface area contributed by atoms with Gasteiger partial charge < -0.3 is 24.6 Å². The molecule has 0 radical (unpaired) electrons. The van der Waals surface area contributed by atoms with E-state index < -0.39 is 41.2 Å². The summed E-state index contributed by atoms with van der Waals surface area (Å²) >= 11 is 1.33. The molecule has 0 aliphatic carbocycles. The van der Waals surface area contributed by atoms with E-state index >= 15 is 0 Å². The largest absolute Gasteiger partial charge is 0.382 e. The highest BCUT2D eigenvalue weighted by Gasteiger charge is 2.48. The Labute approximate surface area is 217 Å². The molecule has 0 spiro atoms. The van der Waals surface area contributed by atoms with E-state index in [-0.39, 0.29) is 31.0 Å². The summed E-state index contributed by atoms with van der Waals surface area (Å²) in [4.78, 5) is 60.1. The predicted octanol–water partition coefficient (Wildman–Crippen LogP) is 1.20. The molecular formula is C24H29N5O7S. The van der Waals surface area contributed by atoms with Crippen LogP contribution in [-0.2, 0) is 30.3 Å². The average molecular weight is 532 g/mol. The van der Waals surface area contributed by atoms with Crippen molar-refractivity contribution in [2.24, 2.45) is 4.99 Å². The summed E-state index contributed by atoms with van der Waals surface area (Å²) in [5, 5.41) is 10.5. The van der Waals surface area contributed by atoms with E-state index in [1.54, 1.807) is 38.6 Å². The van der Waals surface area contributed by atoms with Crippen molar-refractivity contribution in [2.75, 3.05) is 20.3 Å². The summed E-state index contributed by atoms with van der Waals surface area (Å²) in [5.41, 5.74) is 1.81. The molecular weight excluding hydrogens is 502 g/mol. The maximum absolute atomic E-state index is 13.3. The normalized spacial score (nSPS) is 18.5. The summed E-state index contributed by atoms with van der Waals surface area (Å²) < 4.78 is 15.2. The van der Waals surface area contributed by atoms with Crippen molar-refractivity contribution in [3.8, 4) is 0 Å². The zero-order chi connectivity index (χ0) is 27.2. The molecule has 2 N–H and O–H groups in total. The van der Waals surface area contributed by atoms with Gasteiger partial charge in [-0.3, -0.25) is 19.2 Å². The van der Waals surface area contributed by atoms with Gasteiger partial charge in [-0.25, -0.2) is 9.98 Å². The van der Waals surface area contributed by atoms with Gasteiger partial charge in [0.25, 0.3) is 11.8 Å². The Balaban J connectivity index is 1.83. The van der Waals surface area contributed by atoms with Crippen LogP contribution in [0.15, 0.2) is 38.1 Å². The number of hydrogen-bond acceptors (Lipinski definition) is 10. The second kappa shape index (κ2) is 12.1. The SMILES string of the molecule is COCC(NC(=O)c1cc(C)on1)C(=O)N[C@@H](Cc1cscn1)C(=O)/N=C(\C=C(C)C)C(=O)[C@@]1(C)CO1. The van der Waals surface area contributed by atoms with Crippen molar-refractivity contribution in [2.45, 2.75) is 51.8 Å². The molecule has 1 fully saturated rings. The van der Waals surface area contributed by atoms with Gasteiger partial charge in [0.05, 0.1) is 24.4 Å². The highest BCUT2D eigenvalue weighted by Crippen LogP contribution is 2.28. The number of amides is 3. The lowest BCUT2D eigenvalue weighted by molar-refractivity contribution is -0.129. The first-order valence-corrected chi connectivity index (χ1v) is 12.3. The van der Waals surface area contributed by atoms with Crippen LogP contribution >= 0.6 is 11.3 Å². The average Bonchev–Trinajstić information content (AvgIpc) is 3.20. The number of epoxide rings is 1. The molecule has 3 amide bonds. The molecule has 13 heteroatoms. The van der Waals surface area contributed by atoms with E-state index in [9.17, 15) is 19.2 Å². The summed E-state index contributed by atoms with van der Waals surface area (Å²) in [7, 11) is 1.37. The maximum atomic E-state index is 13.3. The molecule has 0 aromatic carbocycles. The Morgan fingerprint density at radius 3 is 2.54 bits per heavy atom. The number of rotatable bonds is 12. The van der Waals surface area contributed by atoms with E-state index in [2.05, 4.69) is 25.8 Å². The summed E-state index contributed by atoms with van der Waals surface area (Å²) in [6.45, 7) is 6.85. The summed E-state index contributed by atoms with van der Waals surface area (Å²) in [5.74, 6) is -2.08. The molecule has 2 aromatic heterocycles. The molecule has 3 atom stereocenters. The number of ketones is 1. The van der Waals surface area contributed by atoms with Crippen molar-refractivity contribution < 1.29 is 33.2 Å². The van der Waals surface area contributed by atoms with Crippen LogP contribution in [0.25, 0.3) is 0 Å². The molecule has 3 rings (SSSR count). The van der Waals surface area contributed by atoms with Gasteiger partial charge in [0.2, 0.25) is 11.7 Å². The van der Waals surface area contributed by atoms with Crippen molar-refractivity contribution >= 4 is 40.6 Å². The minimum Gasteiger partial charge on any atom is -0.382 e. The van der Waals surface area contributed by atoms with Crippen molar-refractivity contribution in [1.82, 2.24) is 20.8 Å². The fourth-order valence-electron chi connectivity index (χ4n) is 3.20. The summed E-state index contributed by atoms with van der Waals surface area (Å²) in [6.07, 6.45) is 1.53. The Morgan fingerprint density at radius 2 is 2.00 bits per heavy atom. The minimum atomic E-state index is -1.17. The van der Waals surface area contributed by atoms with Gasteiger partial charge in [-0.05, 0) is 33.8 Å². The molecule has 1 saturated heterocycles. The Hall–Kier alpha value is -3.55. The Bertz CT molecular complexity index is 1210. The highest BCUT2D eigenvalue weighted by atomic mass is 32.1. The standard InChI is InChI=1S/C24H29N5O7S/c1-13(2)6-16(20(30)24(4)11-35-24)26-21(31)17(8-15-10-37-12-25-15)27-23(33)19(9-34-5)28-22(32)18-7-14(3)36-29-18/h6-7,10,12,17,19H,8-9,11H2,1-5H3,(H,27,33)(H,28,32)/b26-16+/t17-,19?,24+/m0/s1. The van der Waals surface area contributed by atoms with Gasteiger partial charge in [-0.2, -0.15) is 0 Å². The fraction of sp³-hybridized carbons (Fsp3) is 0.458. The smallest absolute Gasteiger partial charge is 0.274 e. The van der Waals surface area contributed by atoms with Crippen molar-refractivity contribution in [3.63, 3.8) is 0 Å². The van der Waals surface area contributed by atoms with Crippen LogP contribution in [-0.4, -0.2) is 77.4 Å². The number of allylic oxidation sites excluding steroid dienone is 2. The Morgan fingerprint density at radius 1 is 1.27 bits per heavy atom. The molecule has 12 nitrogen and oxygen atoms in total. The van der Waals surface area contributed by atoms with Crippen LogP contribution in [0.2, 0.25) is 0 Å². The van der Waals surface area contributed by atoms with E-state index in [4.69, 9.17) is 14.0 Å². The van der Waals surface area contributed by atoms with Crippen molar-refractivity contribution in [3.05, 3.63) is 45.8 Å². The summed E-state index contributed by atoms with van der Waals surface area (Å²) in [6, 6.07) is -0.894. The second-order valence-electron chi connectivity index (χ2n) is 8.95. The van der Waals surface area contributed by atoms with Gasteiger partial charge in [0, 0.05) is 25.0 Å². The van der Waals surface area contributed by atoms with Crippen LogP contribution in [0, 0.1) is 6.92 Å². The topological polar surface area (TPSA) is 165 Å². The third-order valence-electron chi connectivity index (χ3n) is 5.27. The number of thiazole rings is 1. The van der Waals surface area contributed by atoms with Crippen LogP contribution in [0.4, 0.5) is 0 Å². The predicted molar refractivity (Wildman–Crippen MR) is 133 cm³/mol. The number of nitrogens with zero attached hydrogens (tertiary/aromatic N) is 3. The first kappa shape index (κ1) is 28.0. The lowest BCUT2D eigenvalue weighted by atomic mass is 10.0. The van der Waals surface area contributed by atoms with Gasteiger partial charge in [0.1, 0.15) is 23.6 Å². The number of aromatic nitrogens is 2. The zero-order valence-corrected chi connectivity index (χ0v) is 22.0. The third kappa shape index (κ3) is 7.71. The first-order chi connectivity index (χ1) is 17.5. The number of Topliss-reactive ketones (excluding diaryl/α,β-unsaturated/α-hetero) is 1. The molecule has 0 saturated carbocycles. The minimum absolute atomic E-state index is 0.00762. The zero-order valence-electron chi connectivity index (χ0n) is 21.2. The second-order valence-corrected chi connectivity index (χ2v) is 9.67. The molecule has 0 bridgehead atoms. The fourth-order valence-corrected chi connectivity index (χ4v) is 3.78. The van der Waals surface area contributed by atoms with E-state index in [0.717, 1.165) is 5.57 Å². The monoisotopic (exact) mass is 531 g/mol. The van der Waals surface area contributed by atoms with Crippen LogP contribution < -0.4 is 10.6 Å². The van der Waals surface area contributed by atoms with E-state index in [1.165, 1.54) is 30.6 Å². The first-order valence-electron chi connectivity index (χ1n) is 11.4. The third-order valence-corrected chi connectivity index (χ3v) is 5.91. The molecule has 2 aromatic rings. The number of methoxy groups -OCH3 is 1. The molecule has 1 unspecified atom stereocenters. The molecule has 198 valence electrons. The van der Waals surface area contributed by atoms with E-state index in [1.807, 2.05) is 0 Å². The van der Waals surface area contributed by atoms with Gasteiger partial charge in [-0.1, -0.05) is 10.7 Å². The number of hydrogen-bond donors (Lipinski definition) is 2. The number of aryl methyl sites for hydroxylation is 1. The van der Waals surface area contributed by atoms with Gasteiger partial charge in [-0.15, -0.1) is 11.3 Å². The van der Waals surface area contributed by atoms with Crippen molar-refractivity contribution in [1.29, 1.82) is 0 Å². The highest BCUT2D eigenvalue weighted by molar-refractivity contribution is 7.07. The lowest BCUT2D eigenvalue weighted by Crippen LogP contribution is -2.54. The van der Waals surface area contributed by atoms with E-state index in [0.29, 0.717) is 11.5 Å². The molecule has 1 aliphatic heterocycles. The Kier molecular flexibility index (Phi) is 9.18. The van der Waals surface area contributed by atoms with Crippen LogP contribution in [0.1, 0.15) is 42.7 Å². The molecule has 1 aliphatic rings. The quantitative estimate of drug-likeness (QED) is 0.302. The number of carbonyl (C=O) groups excluding carboxylic acids is 4. The number of aliphatic imine (C=N–C) groups is 1.